The zero-order valence-corrected chi connectivity index (χ0v) is 24.0. The van der Waals surface area contributed by atoms with E-state index in [1.165, 1.54) is 40.1 Å². The molecular weight excluding hydrogens is 534 g/mol. The van der Waals surface area contributed by atoms with Gasteiger partial charge in [-0.3, -0.25) is 19.3 Å². The number of thiazole rings is 1. The molecule has 3 aliphatic heterocycles. The van der Waals surface area contributed by atoms with E-state index in [0.29, 0.717) is 18.8 Å². The number of aromatic nitrogens is 1. The molecule has 1 aromatic rings. The van der Waals surface area contributed by atoms with E-state index in [0.717, 1.165) is 21.6 Å². The third-order valence-electron chi connectivity index (χ3n) is 7.12. The number of hydrogen-bond donors (Lipinski definition) is 0. The van der Waals surface area contributed by atoms with Gasteiger partial charge in [0, 0.05) is 31.4 Å². The summed E-state index contributed by atoms with van der Waals surface area (Å²) in [7, 11) is 2.89. The van der Waals surface area contributed by atoms with Gasteiger partial charge in [-0.25, -0.2) is 14.6 Å². The van der Waals surface area contributed by atoms with Crippen LogP contribution < -0.4 is 0 Å². The third-order valence-corrected chi connectivity index (χ3v) is 9.74. The number of ether oxygens (including phenoxy) is 1. The number of β-lactam (4-membered cyclic amide) rings is 1. The highest BCUT2D eigenvalue weighted by atomic mass is 32.2. The van der Waals surface area contributed by atoms with E-state index in [1.807, 2.05) is 0 Å². The van der Waals surface area contributed by atoms with Crippen molar-refractivity contribution >= 4 is 58.3 Å². The standard InChI is InChI=1S/C24H31N5O7S2/c1-12-17(25-14(3)37-12)18(26-36-23(4,5)13(2)30)16(31)10-15-19(32)28-11-24(21(33)35-7,38-20(15)28)29-9-8-27(6)22(29)34/h15,20H,8-11H2,1-7H3/b26-18+/t15-,20-,24-/m1/s1. The Kier molecular flexibility index (Phi) is 7.34. The van der Waals surface area contributed by atoms with Crippen LogP contribution in [0.2, 0.25) is 0 Å². The monoisotopic (exact) mass is 565 g/mol. The number of fused-ring (bicyclic) bond motifs is 1. The summed E-state index contributed by atoms with van der Waals surface area (Å²) in [4.78, 5) is 78.1. The van der Waals surface area contributed by atoms with Gasteiger partial charge in [0.1, 0.15) is 5.69 Å². The van der Waals surface area contributed by atoms with Gasteiger partial charge in [0.05, 0.1) is 30.0 Å². The normalized spacial score (nSPS) is 25.4. The van der Waals surface area contributed by atoms with Crippen molar-refractivity contribution in [3.8, 4) is 0 Å². The average molecular weight is 566 g/mol. The zero-order chi connectivity index (χ0) is 28.2. The Morgan fingerprint density at radius 2 is 1.89 bits per heavy atom. The van der Waals surface area contributed by atoms with Crippen LogP contribution in [-0.2, 0) is 28.8 Å². The molecule has 4 rings (SSSR count). The number of likely N-dealkylation sites (N-methyl/N-ethyl adjacent to an activating group) is 1. The molecule has 0 saturated carbocycles. The number of nitrogens with zero attached hydrogens (tertiary/aromatic N) is 5. The molecule has 0 bridgehead atoms. The summed E-state index contributed by atoms with van der Waals surface area (Å²) in [6.07, 6.45) is -0.198. The van der Waals surface area contributed by atoms with E-state index in [4.69, 9.17) is 9.57 Å². The maximum atomic E-state index is 13.6. The van der Waals surface area contributed by atoms with Crippen LogP contribution in [0.3, 0.4) is 0 Å². The van der Waals surface area contributed by atoms with Crippen molar-refractivity contribution < 1.29 is 33.5 Å². The van der Waals surface area contributed by atoms with E-state index >= 15 is 0 Å². The van der Waals surface area contributed by atoms with Crippen LogP contribution in [0, 0.1) is 19.8 Å². The average Bonchev–Trinajstić information content (AvgIpc) is 3.50. The number of urea groups is 1. The van der Waals surface area contributed by atoms with Gasteiger partial charge < -0.3 is 19.4 Å². The molecule has 3 saturated heterocycles. The van der Waals surface area contributed by atoms with Crippen LogP contribution in [0.5, 0.6) is 0 Å². The molecule has 14 heteroatoms. The Morgan fingerprint density at radius 1 is 1.21 bits per heavy atom. The van der Waals surface area contributed by atoms with Crippen molar-refractivity contribution in [3.63, 3.8) is 0 Å². The highest BCUT2D eigenvalue weighted by Crippen LogP contribution is 2.53. The molecule has 0 aromatic carbocycles. The van der Waals surface area contributed by atoms with Crippen LogP contribution in [-0.4, -0.2) is 105 Å². The molecule has 3 amide bonds. The van der Waals surface area contributed by atoms with Crippen molar-refractivity contribution in [2.45, 2.75) is 56.9 Å². The summed E-state index contributed by atoms with van der Waals surface area (Å²) in [5, 5.41) is 4.29. The van der Waals surface area contributed by atoms with Crippen molar-refractivity contribution in [3.05, 3.63) is 15.6 Å². The van der Waals surface area contributed by atoms with E-state index in [-0.39, 0.29) is 36.4 Å². The van der Waals surface area contributed by atoms with Crippen molar-refractivity contribution in [1.29, 1.82) is 0 Å². The van der Waals surface area contributed by atoms with Crippen LogP contribution in [0.25, 0.3) is 0 Å². The largest absolute Gasteiger partial charge is 0.467 e. The Morgan fingerprint density at radius 3 is 2.42 bits per heavy atom. The first kappa shape index (κ1) is 28.0. The fraction of sp³-hybridized carbons (Fsp3) is 0.625. The summed E-state index contributed by atoms with van der Waals surface area (Å²) in [6, 6.07) is -0.320. The lowest BCUT2D eigenvalue weighted by Gasteiger charge is -2.40. The second kappa shape index (κ2) is 9.95. The predicted molar refractivity (Wildman–Crippen MR) is 140 cm³/mol. The summed E-state index contributed by atoms with van der Waals surface area (Å²) < 4.78 is 5.06. The highest BCUT2D eigenvalue weighted by molar-refractivity contribution is 8.02. The van der Waals surface area contributed by atoms with Gasteiger partial charge in [0.15, 0.2) is 22.9 Å². The number of hydrogen-bond acceptors (Lipinski definition) is 11. The highest BCUT2D eigenvalue weighted by Gasteiger charge is 2.66. The zero-order valence-electron chi connectivity index (χ0n) is 22.4. The molecule has 38 heavy (non-hydrogen) atoms. The minimum absolute atomic E-state index is 0.0145. The number of thioether (sulfide) groups is 1. The predicted octanol–water partition coefficient (Wildman–Crippen LogP) is 1.58. The number of aryl methyl sites for hydroxylation is 2. The maximum Gasteiger partial charge on any atom is 0.344 e. The summed E-state index contributed by atoms with van der Waals surface area (Å²) in [6.45, 7) is 8.81. The van der Waals surface area contributed by atoms with Crippen LogP contribution in [0.4, 0.5) is 4.79 Å². The second-order valence-corrected chi connectivity index (χ2v) is 12.9. The summed E-state index contributed by atoms with van der Waals surface area (Å²) >= 11 is 2.55. The number of ketones is 2. The molecule has 12 nitrogen and oxygen atoms in total. The molecule has 0 radical (unpaired) electrons. The molecule has 3 aliphatic rings. The maximum absolute atomic E-state index is 13.6. The molecule has 3 atom stereocenters. The molecule has 0 aliphatic carbocycles. The lowest BCUT2D eigenvalue weighted by atomic mass is 9.90. The van der Waals surface area contributed by atoms with Gasteiger partial charge in [0.25, 0.3) is 0 Å². The Labute approximate surface area is 228 Å². The Hall–Kier alpha value is -3.00. The lowest BCUT2D eigenvalue weighted by Crippen LogP contribution is -2.59. The quantitative estimate of drug-likeness (QED) is 0.189. The number of carbonyl (C=O) groups is 5. The van der Waals surface area contributed by atoms with Crippen LogP contribution >= 0.6 is 23.1 Å². The lowest BCUT2D eigenvalue weighted by molar-refractivity contribution is -0.155. The van der Waals surface area contributed by atoms with E-state index in [2.05, 4.69) is 10.1 Å². The topological polar surface area (TPSA) is 139 Å². The SMILES string of the molecule is COC(=O)[C@@]1(N2CCN(C)C2=O)CN2C(=O)[C@@H](CC(=O)/C(=N\OC(C)(C)C(C)=O)c3nc(C)sc3C)[C@H]2S1. The van der Waals surface area contributed by atoms with Crippen molar-refractivity contribution in [2.75, 3.05) is 33.8 Å². The van der Waals surface area contributed by atoms with Gasteiger partial charge in [0.2, 0.25) is 10.8 Å². The molecule has 3 fully saturated rings. The smallest absolute Gasteiger partial charge is 0.344 e. The molecule has 4 heterocycles. The summed E-state index contributed by atoms with van der Waals surface area (Å²) in [5.41, 5.74) is -0.982. The number of methoxy groups -OCH3 is 1. The summed E-state index contributed by atoms with van der Waals surface area (Å²) in [5.74, 6) is -2.39. The molecule has 0 spiro atoms. The molecule has 206 valence electrons. The molecule has 0 N–H and O–H groups in total. The van der Waals surface area contributed by atoms with Gasteiger partial charge in [-0.1, -0.05) is 16.9 Å². The Balaban J connectivity index is 1.59. The minimum atomic E-state index is -1.39. The van der Waals surface area contributed by atoms with Gasteiger partial charge in [-0.05, 0) is 34.6 Å². The number of Topliss-reactive ketones (excluding diaryl/α,β-unsaturated/α-hetero) is 2. The first-order valence-corrected chi connectivity index (χ1v) is 13.8. The molecular formula is C24H31N5O7S2. The van der Waals surface area contributed by atoms with Crippen LogP contribution in [0.1, 0.15) is 42.8 Å². The number of amides is 3. The van der Waals surface area contributed by atoms with Gasteiger partial charge in [-0.2, -0.15) is 0 Å². The van der Waals surface area contributed by atoms with E-state index < -0.39 is 33.5 Å². The number of oxime groups is 1. The molecule has 0 unspecified atom stereocenters. The third kappa shape index (κ3) is 4.57. The second-order valence-electron chi connectivity index (χ2n) is 10.1. The molecule has 1 aromatic heterocycles. The van der Waals surface area contributed by atoms with Gasteiger partial charge >= 0.3 is 12.0 Å². The number of rotatable bonds is 9. The fourth-order valence-corrected chi connectivity index (χ4v) is 7.17. The van der Waals surface area contributed by atoms with Gasteiger partial charge in [-0.15, -0.1) is 11.3 Å². The number of carbonyl (C=O) groups excluding carboxylic acids is 5. The van der Waals surface area contributed by atoms with Crippen LogP contribution in [0.15, 0.2) is 5.16 Å². The fourth-order valence-electron chi connectivity index (χ4n) is 4.57. The van der Waals surface area contributed by atoms with Crippen molar-refractivity contribution in [2.24, 2.45) is 11.1 Å². The van der Waals surface area contributed by atoms with E-state index in [9.17, 15) is 24.0 Å². The van der Waals surface area contributed by atoms with E-state index in [1.54, 1.807) is 34.7 Å². The minimum Gasteiger partial charge on any atom is -0.467 e. The first-order chi connectivity index (χ1) is 17.7. The van der Waals surface area contributed by atoms with Crippen molar-refractivity contribution in [1.82, 2.24) is 19.7 Å². The first-order valence-electron chi connectivity index (χ1n) is 12.1. The number of esters is 1. The Bertz CT molecular complexity index is 1240.